The van der Waals surface area contributed by atoms with E-state index in [2.05, 4.69) is 16.4 Å². The van der Waals surface area contributed by atoms with Gasteiger partial charge in [0.25, 0.3) is 5.91 Å². The van der Waals surface area contributed by atoms with Crippen LogP contribution in [0.4, 0.5) is 11.4 Å². The summed E-state index contributed by atoms with van der Waals surface area (Å²) in [5.41, 5.74) is 11.4. The van der Waals surface area contributed by atoms with Gasteiger partial charge in [0.05, 0.1) is 59.5 Å². The van der Waals surface area contributed by atoms with E-state index in [1.807, 2.05) is 101 Å². The lowest BCUT2D eigenvalue weighted by molar-refractivity contribution is 0.0687. The molecular weight excluding hydrogens is 837 g/mol. The number of carboxylic acids is 1. The average Bonchev–Trinajstić information content (AvgIpc) is 3.85. The van der Waals surface area contributed by atoms with Gasteiger partial charge >= 0.3 is 5.97 Å². The molecule has 0 bridgehead atoms. The number of morpholine rings is 1. The number of benzene rings is 3. The summed E-state index contributed by atoms with van der Waals surface area (Å²) in [4.78, 5) is 38.0. The van der Waals surface area contributed by atoms with E-state index < -0.39 is 5.97 Å². The SMILES string of the molecule is Cc1ccc2c(c1)c(N1C[C@@H](C)n3c(c(CCCOc4cc(C)c(Cl)c(C)c4)c4ccc(Cl)c(-c5c(C)nn(C)c5C)c43)C1=O)c(C(=O)O)n2Cc1cc(N2CCOCC2)ccn1. The van der Waals surface area contributed by atoms with Crippen molar-refractivity contribution in [1.29, 1.82) is 0 Å². The van der Waals surface area contributed by atoms with Gasteiger partial charge in [0.1, 0.15) is 11.4 Å². The van der Waals surface area contributed by atoms with Crippen LogP contribution in [-0.4, -0.2) is 80.3 Å². The Hall–Kier alpha value is -5.82. The van der Waals surface area contributed by atoms with Gasteiger partial charge < -0.3 is 33.5 Å². The van der Waals surface area contributed by atoms with Crippen molar-refractivity contribution in [2.45, 2.75) is 67.0 Å². The molecule has 4 aromatic heterocycles. The van der Waals surface area contributed by atoms with Crippen LogP contribution >= 0.6 is 23.2 Å². The monoisotopic (exact) mass is 887 g/mol. The summed E-state index contributed by atoms with van der Waals surface area (Å²) < 4.78 is 17.7. The Bertz CT molecular complexity index is 2950. The zero-order chi connectivity index (χ0) is 44.4. The predicted molar refractivity (Wildman–Crippen MR) is 250 cm³/mol. The van der Waals surface area contributed by atoms with E-state index in [9.17, 15) is 9.90 Å². The molecule has 0 saturated carbocycles. The number of halogens is 2. The Balaban J connectivity index is 1.19. The molecule has 12 nitrogen and oxygen atoms in total. The number of ether oxygens (including phenoxy) is 2. The Kier molecular flexibility index (Phi) is 11.3. The van der Waals surface area contributed by atoms with Gasteiger partial charge in [-0.2, -0.15) is 5.10 Å². The number of aromatic carboxylic acids is 1. The average molecular weight is 889 g/mol. The van der Waals surface area contributed by atoms with Crippen LogP contribution in [0.3, 0.4) is 0 Å². The first kappa shape index (κ1) is 42.5. The van der Waals surface area contributed by atoms with Crippen molar-refractivity contribution in [2.75, 3.05) is 49.3 Å². The highest BCUT2D eigenvalue weighted by Gasteiger charge is 2.40. The van der Waals surface area contributed by atoms with Gasteiger partial charge in [-0.05, 0) is 114 Å². The van der Waals surface area contributed by atoms with E-state index in [0.29, 0.717) is 65.7 Å². The molecule has 0 aliphatic carbocycles. The minimum absolute atomic E-state index is 0.0353. The normalized spacial score (nSPS) is 15.5. The molecule has 1 fully saturated rings. The molecule has 6 heterocycles. The van der Waals surface area contributed by atoms with E-state index in [1.165, 1.54) is 0 Å². The van der Waals surface area contributed by atoms with Gasteiger partial charge in [0.2, 0.25) is 0 Å². The van der Waals surface area contributed by atoms with Gasteiger partial charge in [-0.25, -0.2) is 4.79 Å². The molecule has 1 atom stereocenters. The first-order valence-corrected chi connectivity index (χ1v) is 22.2. The maximum absolute atomic E-state index is 15.7. The molecule has 326 valence electrons. The number of carbonyl (C=O) groups is 2. The number of carbonyl (C=O) groups excluding carboxylic acids is 1. The lowest BCUT2D eigenvalue weighted by atomic mass is 9.98. The number of carboxylic acid groups (broad SMARTS) is 1. The molecule has 63 heavy (non-hydrogen) atoms. The van der Waals surface area contributed by atoms with Crippen molar-refractivity contribution in [3.63, 3.8) is 0 Å². The highest BCUT2D eigenvalue weighted by molar-refractivity contribution is 6.35. The molecular formula is C49H51Cl2N7O5. The van der Waals surface area contributed by atoms with E-state index in [1.54, 1.807) is 15.7 Å². The third-order valence-corrected chi connectivity index (χ3v) is 13.6. The predicted octanol–water partition coefficient (Wildman–Crippen LogP) is 10.1. The minimum atomic E-state index is -1.13. The summed E-state index contributed by atoms with van der Waals surface area (Å²) in [6.45, 7) is 15.6. The number of hydrogen-bond donors (Lipinski definition) is 1. The zero-order valence-electron chi connectivity index (χ0n) is 36.7. The molecule has 2 aliphatic heterocycles. The molecule has 9 rings (SSSR count). The fourth-order valence-electron chi connectivity index (χ4n) is 9.76. The Morgan fingerprint density at radius 1 is 0.952 bits per heavy atom. The van der Waals surface area contributed by atoms with E-state index >= 15 is 4.79 Å². The standard InChI is InChI=1S/C49H51Cl2N7O5/c1-27-10-13-40-38(21-27)45(47(49(60)61)56(40)26-33-24-34(14-15-52-33)55-16-19-62-20-17-55)57-25-30(4)58-44-37(11-12-39(50)42(44)41-31(5)53-54(7)32(41)6)36(46(58)48(57)59)9-8-18-63-35-22-28(2)43(51)29(3)23-35/h10-15,21-24,30H,8-9,16-20,25-26H2,1-7H3,(H,60,61)/t30-/m1/s1. The number of nitrogens with zero attached hydrogens (tertiary/aromatic N) is 7. The smallest absolute Gasteiger partial charge is 0.354 e. The number of rotatable bonds is 11. The summed E-state index contributed by atoms with van der Waals surface area (Å²) >= 11 is 13.6. The maximum atomic E-state index is 15.7. The van der Waals surface area contributed by atoms with E-state index in [-0.39, 0.29) is 30.7 Å². The lowest BCUT2D eigenvalue weighted by Gasteiger charge is -2.34. The first-order chi connectivity index (χ1) is 30.2. The van der Waals surface area contributed by atoms with Gasteiger partial charge in [-0.1, -0.05) is 40.9 Å². The summed E-state index contributed by atoms with van der Waals surface area (Å²) in [6, 6.07) is 17.4. The van der Waals surface area contributed by atoms with Crippen LogP contribution in [0, 0.1) is 34.6 Å². The molecule has 1 amide bonds. The molecule has 1 saturated heterocycles. The third kappa shape index (κ3) is 7.41. The van der Waals surface area contributed by atoms with Gasteiger partial charge in [0, 0.05) is 77.2 Å². The molecule has 7 aromatic rings. The van der Waals surface area contributed by atoms with Crippen LogP contribution in [0.15, 0.2) is 60.8 Å². The molecule has 0 unspecified atom stereocenters. The summed E-state index contributed by atoms with van der Waals surface area (Å²) in [7, 11) is 1.92. The largest absolute Gasteiger partial charge is 0.494 e. The van der Waals surface area contributed by atoms with Gasteiger partial charge in [-0.15, -0.1) is 0 Å². The fraction of sp³-hybridized carbons (Fsp3) is 0.347. The first-order valence-electron chi connectivity index (χ1n) is 21.4. The quantitative estimate of drug-likeness (QED) is 0.128. The number of amides is 1. The molecule has 2 aliphatic rings. The number of hydrogen-bond acceptors (Lipinski definition) is 7. The fourth-order valence-corrected chi connectivity index (χ4v) is 10.1. The Morgan fingerprint density at radius 2 is 1.70 bits per heavy atom. The van der Waals surface area contributed by atoms with Crippen LogP contribution in [0.25, 0.3) is 32.9 Å². The zero-order valence-corrected chi connectivity index (χ0v) is 38.2. The van der Waals surface area contributed by atoms with E-state index in [0.717, 1.165) is 85.2 Å². The van der Waals surface area contributed by atoms with Crippen molar-refractivity contribution >= 4 is 68.3 Å². The van der Waals surface area contributed by atoms with Crippen molar-refractivity contribution in [3.8, 4) is 16.9 Å². The molecule has 3 aromatic carbocycles. The highest BCUT2D eigenvalue weighted by atomic mass is 35.5. The second-order valence-electron chi connectivity index (χ2n) is 17.0. The topological polar surface area (TPSA) is 120 Å². The lowest BCUT2D eigenvalue weighted by Crippen LogP contribution is -2.43. The minimum Gasteiger partial charge on any atom is -0.494 e. The third-order valence-electron chi connectivity index (χ3n) is 12.7. The second kappa shape index (κ2) is 16.7. The maximum Gasteiger partial charge on any atom is 0.354 e. The summed E-state index contributed by atoms with van der Waals surface area (Å²) in [5.74, 6) is -0.667. The number of aromatic nitrogens is 5. The second-order valence-corrected chi connectivity index (χ2v) is 17.8. The molecule has 0 spiro atoms. The number of fused-ring (bicyclic) bond motifs is 4. The van der Waals surface area contributed by atoms with Gasteiger partial charge in [0.15, 0.2) is 5.69 Å². The summed E-state index contributed by atoms with van der Waals surface area (Å²) in [5, 5.41) is 18.8. The van der Waals surface area contributed by atoms with Crippen LogP contribution in [0.2, 0.25) is 10.0 Å². The Labute approximate surface area is 376 Å². The van der Waals surface area contributed by atoms with Crippen molar-refractivity contribution in [1.82, 2.24) is 23.9 Å². The van der Waals surface area contributed by atoms with Crippen LogP contribution in [-0.2, 0) is 24.8 Å². The van der Waals surface area contributed by atoms with E-state index in [4.69, 9.17) is 42.8 Å². The molecule has 0 radical (unpaired) electrons. The Morgan fingerprint density at radius 3 is 2.40 bits per heavy atom. The number of aryl methyl sites for hydroxylation is 6. The van der Waals surface area contributed by atoms with Crippen LogP contribution in [0.1, 0.15) is 79.7 Å². The highest BCUT2D eigenvalue weighted by Crippen LogP contribution is 2.46. The van der Waals surface area contributed by atoms with Crippen LogP contribution in [0.5, 0.6) is 5.75 Å². The molecule has 14 heteroatoms. The van der Waals surface area contributed by atoms with Gasteiger partial charge in [-0.3, -0.25) is 14.5 Å². The number of anilines is 2. The van der Waals surface area contributed by atoms with Crippen LogP contribution < -0.4 is 14.5 Å². The van der Waals surface area contributed by atoms with Crippen molar-refractivity contribution < 1.29 is 24.2 Å². The molecule has 1 N–H and O–H groups in total. The van der Waals surface area contributed by atoms with Crippen molar-refractivity contribution in [3.05, 3.63) is 122 Å². The van der Waals surface area contributed by atoms with Crippen molar-refractivity contribution in [2.24, 2.45) is 7.05 Å². The summed E-state index contributed by atoms with van der Waals surface area (Å²) in [6.07, 6.45) is 2.89. The number of pyridine rings is 1.